The molecule has 0 bridgehead atoms. The summed E-state index contributed by atoms with van der Waals surface area (Å²) in [5.74, 6) is 0. The maximum absolute atomic E-state index is 12.9. The Labute approximate surface area is 156 Å². The first kappa shape index (κ1) is 18.8. The summed E-state index contributed by atoms with van der Waals surface area (Å²) in [5.41, 5.74) is 3.08. The number of rotatable bonds is 5. The topological polar surface area (TPSA) is 40.6 Å². The minimum atomic E-state index is -3.41. The molecule has 0 saturated carbocycles. The molecule has 2 aromatic rings. The molecule has 0 aromatic heterocycles. The largest absolute Gasteiger partial charge is 0.297 e. The summed E-state index contributed by atoms with van der Waals surface area (Å²) in [7, 11) is -3.41. The molecule has 1 fully saturated rings. The fraction of sp³-hybridized carbons (Fsp3) is 0.333. The lowest BCUT2D eigenvalue weighted by Gasteiger charge is -2.33. The second kappa shape index (κ2) is 8.16. The highest BCUT2D eigenvalue weighted by atomic mass is 32.2. The van der Waals surface area contributed by atoms with Gasteiger partial charge in [0.1, 0.15) is 0 Å². The summed E-state index contributed by atoms with van der Waals surface area (Å²) in [6.07, 6.45) is 4.25. The third-order valence-corrected chi connectivity index (χ3v) is 6.81. The van der Waals surface area contributed by atoms with Crippen molar-refractivity contribution in [3.8, 4) is 0 Å². The molecule has 0 radical (unpaired) electrons. The van der Waals surface area contributed by atoms with Gasteiger partial charge in [0.05, 0.1) is 4.90 Å². The first-order chi connectivity index (χ1) is 12.5. The Kier molecular flexibility index (Phi) is 5.91. The summed E-state index contributed by atoms with van der Waals surface area (Å²) < 4.78 is 27.5. The van der Waals surface area contributed by atoms with Crippen LogP contribution in [0.15, 0.2) is 59.5 Å². The molecule has 0 unspecified atom stereocenters. The smallest absolute Gasteiger partial charge is 0.243 e. The normalized spacial score (nSPS) is 17.0. The molecule has 138 valence electrons. The molecule has 1 aliphatic heterocycles. The molecule has 4 nitrogen and oxygen atoms in total. The standard InChI is InChI=1S/C21H26N2O2S/c1-18-10-11-21(19(2)17-18)26(24,25)23-15-13-22(14-16-23)12-6-9-20-7-4-3-5-8-20/h3-11,17H,12-16H2,1-2H3/b9-6+. The van der Waals surface area contributed by atoms with E-state index in [4.69, 9.17) is 0 Å². The quantitative estimate of drug-likeness (QED) is 0.811. The lowest BCUT2D eigenvalue weighted by atomic mass is 10.2. The molecule has 0 amide bonds. The fourth-order valence-electron chi connectivity index (χ4n) is 3.28. The second-order valence-electron chi connectivity index (χ2n) is 6.79. The summed E-state index contributed by atoms with van der Waals surface area (Å²) in [6.45, 7) is 7.26. The van der Waals surface area contributed by atoms with Crippen molar-refractivity contribution < 1.29 is 8.42 Å². The maximum atomic E-state index is 12.9. The number of hydrogen-bond acceptors (Lipinski definition) is 3. The molecule has 3 rings (SSSR count). The van der Waals surface area contributed by atoms with E-state index in [1.54, 1.807) is 10.4 Å². The number of benzene rings is 2. The van der Waals surface area contributed by atoms with Crippen molar-refractivity contribution in [1.82, 2.24) is 9.21 Å². The van der Waals surface area contributed by atoms with Crippen LogP contribution in [-0.2, 0) is 10.0 Å². The lowest BCUT2D eigenvalue weighted by Crippen LogP contribution is -2.48. The second-order valence-corrected chi connectivity index (χ2v) is 8.69. The maximum Gasteiger partial charge on any atom is 0.243 e. The zero-order chi connectivity index (χ0) is 18.6. The van der Waals surface area contributed by atoms with Gasteiger partial charge in [-0.15, -0.1) is 0 Å². The van der Waals surface area contributed by atoms with E-state index in [1.807, 2.05) is 44.2 Å². The van der Waals surface area contributed by atoms with Gasteiger partial charge >= 0.3 is 0 Å². The highest BCUT2D eigenvalue weighted by Gasteiger charge is 2.29. The van der Waals surface area contributed by atoms with Crippen molar-refractivity contribution >= 4 is 16.1 Å². The number of aryl methyl sites for hydroxylation is 2. The van der Waals surface area contributed by atoms with E-state index in [2.05, 4.69) is 29.2 Å². The predicted octanol–water partition coefficient (Wildman–Crippen LogP) is 3.32. The molecule has 26 heavy (non-hydrogen) atoms. The van der Waals surface area contributed by atoms with Gasteiger partial charge in [-0.25, -0.2) is 8.42 Å². The Balaban J connectivity index is 1.58. The van der Waals surface area contributed by atoms with Crippen LogP contribution >= 0.6 is 0 Å². The summed E-state index contributed by atoms with van der Waals surface area (Å²) in [4.78, 5) is 2.72. The average Bonchev–Trinajstić information content (AvgIpc) is 2.63. The van der Waals surface area contributed by atoms with Crippen LogP contribution in [0.4, 0.5) is 0 Å². The van der Waals surface area contributed by atoms with Crippen molar-refractivity contribution in [2.75, 3.05) is 32.7 Å². The predicted molar refractivity (Wildman–Crippen MR) is 107 cm³/mol. The summed E-state index contributed by atoms with van der Waals surface area (Å²) in [6, 6.07) is 15.7. The minimum absolute atomic E-state index is 0.431. The van der Waals surface area contributed by atoms with E-state index in [1.165, 1.54) is 5.56 Å². The summed E-state index contributed by atoms with van der Waals surface area (Å²) in [5, 5.41) is 0. The first-order valence-corrected chi connectivity index (χ1v) is 10.4. The van der Waals surface area contributed by atoms with E-state index >= 15 is 0 Å². The summed E-state index contributed by atoms with van der Waals surface area (Å²) >= 11 is 0. The minimum Gasteiger partial charge on any atom is -0.297 e. The molecule has 0 atom stereocenters. The van der Waals surface area contributed by atoms with Gasteiger partial charge in [-0.3, -0.25) is 4.90 Å². The molecule has 0 N–H and O–H groups in total. The number of sulfonamides is 1. The van der Waals surface area contributed by atoms with Crippen LogP contribution in [0.25, 0.3) is 6.08 Å². The molecule has 1 aliphatic rings. The van der Waals surface area contributed by atoms with Crippen molar-refractivity contribution in [1.29, 1.82) is 0 Å². The Morgan fingerprint density at radius 3 is 2.31 bits per heavy atom. The molecule has 5 heteroatoms. The van der Waals surface area contributed by atoms with Crippen LogP contribution in [0, 0.1) is 13.8 Å². The van der Waals surface area contributed by atoms with Crippen LogP contribution < -0.4 is 0 Å². The zero-order valence-electron chi connectivity index (χ0n) is 15.4. The zero-order valence-corrected chi connectivity index (χ0v) is 16.2. The van der Waals surface area contributed by atoms with Gasteiger partial charge in [-0.05, 0) is 31.0 Å². The van der Waals surface area contributed by atoms with Crippen molar-refractivity contribution in [2.45, 2.75) is 18.7 Å². The third kappa shape index (κ3) is 4.41. The molecular weight excluding hydrogens is 344 g/mol. The number of piperazine rings is 1. The molecule has 0 aliphatic carbocycles. The van der Waals surface area contributed by atoms with E-state index in [0.29, 0.717) is 18.0 Å². The first-order valence-electron chi connectivity index (χ1n) is 8.98. The molecule has 1 heterocycles. The van der Waals surface area contributed by atoms with Gasteiger partial charge < -0.3 is 0 Å². The van der Waals surface area contributed by atoms with Crippen molar-refractivity contribution in [2.24, 2.45) is 0 Å². The Morgan fingerprint density at radius 2 is 1.65 bits per heavy atom. The molecule has 1 saturated heterocycles. The van der Waals surface area contributed by atoms with E-state index < -0.39 is 10.0 Å². The van der Waals surface area contributed by atoms with Crippen molar-refractivity contribution in [3.63, 3.8) is 0 Å². The number of hydrogen-bond donors (Lipinski definition) is 0. The SMILES string of the molecule is Cc1ccc(S(=O)(=O)N2CCN(C/C=C/c3ccccc3)CC2)c(C)c1. The Bertz CT molecular complexity index is 868. The molecule has 0 spiro atoms. The van der Waals surface area contributed by atoms with Gasteiger partial charge in [-0.2, -0.15) is 4.31 Å². The van der Waals surface area contributed by atoms with Crippen LogP contribution in [0.2, 0.25) is 0 Å². The average molecular weight is 371 g/mol. The Morgan fingerprint density at radius 1 is 0.962 bits per heavy atom. The Hall–Kier alpha value is -1.95. The highest BCUT2D eigenvalue weighted by Crippen LogP contribution is 2.22. The fourth-order valence-corrected chi connectivity index (χ4v) is 4.91. The van der Waals surface area contributed by atoms with Gasteiger partial charge in [0.25, 0.3) is 0 Å². The lowest BCUT2D eigenvalue weighted by molar-refractivity contribution is 0.204. The van der Waals surface area contributed by atoms with E-state index in [-0.39, 0.29) is 0 Å². The van der Waals surface area contributed by atoms with Gasteiger partial charge in [-0.1, -0.05) is 60.2 Å². The monoisotopic (exact) mass is 370 g/mol. The highest BCUT2D eigenvalue weighted by molar-refractivity contribution is 7.89. The van der Waals surface area contributed by atoms with Gasteiger partial charge in [0.2, 0.25) is 10.0 Å². The van der Waals surface area contributed by atoms with E-state index in [0.717, 1.165) is 30.8 Å². The van der Waals surface area contributed by atoms with E-state index in [9.17, 15) is 8.42 Å². The van der Waals surface area contributed by atoms with Crippen LogP contribution in [0.3, 0.4) is 0 Å². The van der Waals surface area contributed by atoms with Crippen molar-refractivity contribution in [3.05, 3.63) is 71.3 Å². The molecule has 2 aromatic carbocycles. The van der Waals surface area contributed by atoms with Gasteiger partial charge in [0, 0.05) is 32.7 Å². The van der Waals surface area contributed by atoms with Gasteiger partial charge in [0.15, 0.2) is 0 Å². The molecular formula is C21H26N2O2S. The number of nitrogens with zero attached hydrogens (tertiary/aromatic N) is 2. The third-order valence-electron chi connectivity index (χ3n) is 4.75. The van der Waals surface area contributed by atoms with Crippen LogP contribution in [-0.4, -0.2) is 50.3 Å². The van der Waals surface area contributed by atoms with Crippen LogP contribution in [0.1, 0.15) is 16.7 Å². The van der Waals surface area contributed by atoms with Crippen LogP contribution in [0.5, 0.6) is 0 Å².